The summed E-state index contributed by atoms with van der Waals surface area (Å²) in [4.78, 5) is 21.1. The van der Waals surface area contributed by atoms with Crippen molar-refractivity contribution in [3.63, 3.8) is 0 Å². The molecule has 4 rings (SSSR count). The fourth-order valence-electron chi connectivity index (χ4n) is 3.24. The van der Waals surface area contributed by atoms with Gasteiger partial charge in [-0.1, -0.05) is 29.8 Å². The van der Waals surface area contributed by atoms with E-state index in [0.29, 0.717) is 23.5 Å². The molecule has 0 bridgehead atoms. The van der Waals surface area contributed by atoms with Crippen molar-refractivity contribution in [3.05, 3.63) is 71.4 Å². The Morgan fingerprint density at radius 1 is 1.17 bits per heavy atom. The Hall–Kier alpha value is -3.74. The van der Waals surface area contributed by atoms with Crippen LogP contribution in [0.2, 0.25) is 0 Å². The molecular formula is C24H18N4OS. The highest BCUT2D eigenvalue weighted by Crippen LogP contribution is 2.42. The van der Waals surface area contributed by atoms with E-state index in [2.05, 4.69) is 28.2 Å². The average molecular weight is 411 g/mol. The van der Waals surface area contributed by atoms with Crippen molar-refractivity contribution in [2.45, 2.75) is 23.6 Å². The third-order valence-electron chi connectivity index (χ3n) is 4.83. The SMILES string of the molecule is CC#CCN1C(=O)c2ccccc2Sc2cc(Nc3nccc(C#N)c3C)ccc21. The largest absolute Gasteiger partial charge is 0.340 e. The van der Waals surface area contributed by atoms with Gasteiger partial charge in [0.05, 0.1) is 29.4 Å². The van der Waals surface area contributed by atoms with Gasteiger partial charge >= 0.3 is 0 Å². The summed E-state index contributed by atoms with van der Waals surface area (Å²) in [5.74, 6) is 6.47. The Labute approximate surface area is 179 Å². The molecule has 1 aromatic heterocycles. The second kappa shape index (κ2) is 8.32. The van der Waals surface area contributed by atoms with Crippen LogP contribution in [0, 0.1) is 30.1 Å². The third-order valence-corrected chi connectivity index (χ3v) is 5.96. The van der Waals surface area contributed by atoms with Crippen LogP contribution >= 0.6 is 11.8 Å². The smallest absolute Gasteiger partial charge is 0.260 e. The van der Waals surface area contributed by atoms with Crippen LogP contribution in [-0.4, -0.2) is 17.4 Å². The predicted octanol–water partition coefficient (Wildman–Crippen LogP) is 5.14. The molecule has 6 heteroatoms. The molecule has 146 valence electrons. The molecule has 0 spiro atoms. The average Bonchev–Trinajstić information content (AvgIpc) is 2.87. The molecule has 1 amide bonds. The van der Waals surface area contributed by atoms with E-state index < -0.39 is 0 Å². The summed E-state index contributed by atoms with van der Waals surface area (Å²) in [5, 5.41) is 12.6. The second-order valence-corrected chi connectivity index (χ2v) is 7.75. The number of nitrogens with zero attached hydrogens (tertiary/aromatic N) is 3. The molecule has 5 nitrogen and oxygen atoms in total. The molecule has 0 unspecified atom stereocenters. The van der Waals surface area contributed by atoms with Gasteiger partial charge in [0.2, 0.25) is 0 Å². The van der Waals surface area contributed by atoms with Crippen molar-refractivity contribution in [1.29, 1.82) is 5.26 Å². The van der Waals surface area contributed by atoms with Crippen LogP contribution in [0.25, 0.3) is 0 Å². The number of amides is 1. The normalized spacial score (nSPS) is 12.0. The molecule has 0 radical (unpaired) electrons. The van der Waals surface area contributed by atoms with Gasteiger partial charge < -0.3 is 5.32 Å². The number of fused-ring (bicyclic) bond motifs is 2. The highest BCUT2D eigenvalue weighted by atomic mass is 32.2. The minimum atomic E-state index is -0.0560. The van der Waals surface area contributed by atoms with Crippen molar-refractivity contribution in [2.75, 3.05) is 16.8 Å². The van der Waals surface area contributed by atoms with Crippen LogP contribution < -0.4 is 10.2 Å². The summed E-state index contributed by atoms with van der Waals surface area (Å²) < 4.78 is 0. The van der Waals surface area contributed by atoms with Crippen molar-refractivity contribution < 1.29 is 4.79 Å². The van der Waals surface area contributed by atoms with Gasteiger partial charge in [0.25, 0.3) is 5.91 Å². The van der Waals surface area contributed by atoms with Crippen molar-refractivity contribution >= 4 is 34.9 Å². The summed E-state index contributed by atoms with van der Waals surface area (Å²) >= 11 is 1.56. The maximum Gasteiger partial charge on any atom is 0.260 e. The Morgan fingerprint density at radius 3 is 2.80 bits per heavy atom. The highest BCUT2D eigenvalue weighted by molar-refractivity contribution is 7.99. The highest BCUT2D eigenvalue weighted by Gasteiger charge is 2.27. The van der Waals surface area contributed by atoms with Gasteiger partial charge in [0.1, 0.15) is 5.82 Å². The van der Waals surface area contributed by atoms with E-state index >= 15 is 0 Å². The predicted molar refractivity (Wildman–Crippen MR) is 119 cm³/mol. The lowest BCUT2D eigenvalue weighted by Gasteiger charge is -2.21. The molecule has 0 saturated carbocycles. The first-order valence-electron chi connectivity index (χ1n) is 9.37. The van der Waals surface area contributed by atoms with Crippen LogP contribution in [0.1, 0.15) is 28.4 Å². The van der Waals surface area contributed by atoms with E-state index in [1.165, 1.54) is 0 Å². The maximum atomic E-state index is 13.2. The number of carbonyl (C=O) groups is 1. The molecule has 0 saturated heterocycles. The standard InChI is InChI=1S/C24H18N4OS/c1-3-4-13-28-20-10-9-18(27-23-16(2)17(15-25)11-12-26-23)14-22(20)30-21-8-6-5-7-19(21)24(28)29/h5-12,14H,13H2,1-2H3,(H,26,27). The number of carbonyl (C=O) groups excluding carboxylic acids is 1. The number of anilines is 3. The molecule has 1 aliphatic rings. The first kappa shape index (κ1) is 19.6. The number of hydrogen-bond acceptors (Lipinski definition) is 5. The molecule has 2 heterocycles. The van der Waals surface area contributed by atoms with Gasteiger partial charge in [-0.2, -0.15) is 5.26 Å². The fraction of sp³-hybridized carbons (Fsp3) is 0.125. The summed E-state index contributed by atoms with van der Waals surface area (Å²) in [5.41, 5.74) is 3.71. The lowest BCUT2D eigenvalue weighted by molar-refractivity contribution is 0.0987. The Bertz CT molecular complexity index is 1250. The van der Waals surface area contributed by atoms with E-state index in [0.717, 1.165) is 26.7 Å². The van der Waals surface area contributed by atoms with Gasteiger partial charge in [-0.25, -0.2) is 4.98 Å². The minimum absolute atomic E-state index is 0.0560. The molecule has 0 atom stereocenters. The van der Waals surface area contributed by atoms with E-state index in [4.69, 9.17) is 0 Å². The zero-order chi connectivity index (χ0) is 21.1. The van der Waals surface area contributed by atoms with E-state index in [1.807, 2.05) is 49.4 Å². The van der Waals surface area contributed by atoms with Crippen LogP contribution in [-0.2, 0) is 0 Å². The van der Waals surface area contributed by atoms with E-state index in [1.54, 1.807) is 35.8 Å². The maximum absolute atomic E-state index is 13.2. The van der Waals surface area contributed by atoms with Gasteiger partial charge in [0.15, 0.2) is 0 Å². The zero-order valence-corrected chi connectivity index (χ0v) is 17.4. The van der Waals surface area contributed by atoms with Gasteiger partial charge in [-0.15, -0.1) is 5.92 Å². The van der Waals surface area contributed by atoms with E-state index in [-0.39, 0.29) is 5.91 Å². The zero-order valence-electron chi connectivity index (χ0n) is 16.6. The Kier molecular flexibility index (Phi) is 5.43. The molecule has 3 aromatic rings. The topological polar surface area (TPSA) is 69.0 Å². The fourth-order valence-corrected chi connectivity index (χ4v) is 4.35. The number of nitriles is 1. The number of benzene rings is 2. The van der Waals surface area contributed by atoms with Gasteiger partial charge in [-0.05, 0) is 50.2 Å². The summed E-state index contributed by atoms with van der Waals surface area (Å²) in [6.45, 7) is 3.96. The lowest BCUT2D eigenvalue weighted by atomic mass is 10.1. The summed E-state index contributed by atoms with van der Waals surface area (Å²) in [7, 11) is 0. The molecule has 2 aromatic carbocycles. The van der Waals surface area contributed by atoms with Crippen molar-refractivity contribution in [3.8, 4) is 17.9 Å². The van der Waals surface area contributed by atoms with Crippen LogP contribution in [0.5, 0.6) is 0 Å². The minimum Gasteiger partial charge on any atom is -0.340 e. The molecule has 0 fully saturated rings. The molecule has 1 N–H and O–H groups in total. The number of hydrogen-bond donors (Lipinski definition) is 1. The molecular weight excluding hydrogens is 392 g/mol. The Balaban J connectivity index is 1.77. The number of aromatic nitrogens is 1. The summed E-state index contributed by atoms with van der Waals surface area (Å²) in [6.07, 6.45) is 1.62. The van der Waals surface area contributed by atoms with Gasteiger partial charge in [0, 0.05) is 27.2 Å². The molecule has 30 heavy (non-hydrogen) atoms. The lowest BCUT2D eigenvalue weighted by Crippen LogP contribution is -2.31. The van der Waals surface area contributed by atoms with Crippen LogP contribution in [0.4, 0.5) is 17.2 Å². The van der Waals surface area contributed by atoms with Crippen molar-refractivity contribution in [1.82, 2.24) is 4.98 Å². The first-order valence-corrected chi connectivity index (χ1v) is 10.2. The van der Waals surface area contributed by atoms with Crippen LogP contribution in [0.15, 0.2) is 64.5 Å². The Morgan fingerprint density at radius 2 is 2.00 bits per heavy atom. The van der Waals surface area contributed by atoms with Crippen LogP contribution in [0.3, 0.4) is 0 Å². The summed E-state index contributed by atoms with van der Waals surface area (Å²) in [6, 6.07) is 17.3. The number of rotatable bonds is 3. The molecule has 0 aliphatic carbocycles. The first-order chi connectivity index (χ1) is 14.6. The van der Waals surface area contributed by atoms with E-state index in [9.17, 15) is 10.1 Å². The number of pyridine rings is 1. The quantitative estimate of drug-likeness (QED) is 0.606. The van der Waals surface area contributed by atoms with Crippen molar-refractivity contribution in [2.24, 2.45) is 0 Å². The third kappa shape index (κ3) is 3.61. The monoisotopic (exact) mass is 410 g/mol. The van der Waals surface area contributed by atoms with Gasteiger partial charge in [-0.3, -0.25) is 9.69 Å². The number of nitrogens with one attached hydrogen (secondary N) is 1. The molecule has 1 aliphatic heterocycles. The second-order valence-electron chi connectivity index (χ2n) is 6.67.